The molecule has 0 heterocycles. The molecule has 0 aromatic rings. The molecule has 0 bridgehead atoms. The van der Waals surface area contributed by atoms with Crippen LogP contribution in [0.3, 0.4) is 0 Å². The van der Waals surface area contributed by atoms with Gasteiger partial charge in [-0.25, -0.2) is 4.99 Å². The van der Waals surface area contributed by atoms with Crippen molar-refractivity contribution in [3.05, 3.63) is 12.2 Å². The van der Waals surface area contributed by atoms with Crippen molar-refractivity contribution in [2.45, 2.75) is 0 Å². The van der Waals surface area contributed by atoms with Gasteiger partial charge in [0, 0.05) is 12.6 Å². The Balaban J connectivity index is 3.55. The van der Waals surface area contributed by atoms with Gasteiger partial charge in [0.2, 0.25) is 0 Å². The number of aliphatic imine (C=N–C) groups is 1. The summed E-state index contributed by atoms with van der Waals surface area (Å²) < 4.78 is 0. The van der Waals surface area contributed by atoms with Crippen LogP contribution < -0.4 is 0 Å². The lowest BCUT2D eigenvalue weighted by molar-refractivity contribution is -0.113. The quantitative estimate of drug-likeness (QED) is 0.418. The van der Waals surface area contributed by atoms with E-state index in [9.17, 15) is 4.79 Å². The van der Waals surface area contributed by atoms with Gasteiger partial charge < -0.3 is 4.90 Å². The van der Waals surface area contributed by atoms with Crippen LogP contribution in [0.2, 0.25) is 0 Å². The predicted octanol–water partition coefficient (Wildman–Crippen LogP) is 0.331. The van der Waals surface area contributed by atoms with E-state index in [-0.39, 0.29) is 5.91 Å². The lowest BCUT2D eigenvalue weighted by atomic mass is 10.4. The zero-order valence-corrected chi connectivity index (χ0v) is 6.37. The van der Waals surface area contributed by atoms with Crippen LogP contribution in [0.4, 0.5) is 0 Å². The molecule has 56 valence electrons. The highest BCUT2D eigenvalue weighted by molar-refractivity contribution is 5.90. The normalized spacial score (nSPS) is 10.7. The van der Waals surface area contributed by atoms with Crippen molar-refractivity contribution < 1.29 is 4.79 Å². The first kappa shape index (κ1) is 9.04. The van der Waals surface area contributed by atoms with Crippen molar-refractivity contribution in [2.75, 3.05) is 20.6 Å². The first-order valence-corrected chi connectivity index (χ1v) is 2.98. The average Bonchev–Trinajstić information content (AvgIpc) is 1.87. The third-order valence-electron chi connectivity index (χ3n) is 0.887. The molecule has 0 radical (unpaired) electrons. The molecule has 3 heteroatoms. The Kier molecular flexibility index (Phi) is 4.41. The summed E-state index contributed by atoms with van der Waals surface area (Å²) in [5, 5.41) is 0. The second-order valence-electron chi connectivity index (χ2n) is 2.16. The van der Waals surface area contributed by atoms with E-state index in [1.807, 2.05) is 19.0 Å². The molecule has 0 unspecified atom stereocenters. The fraction of sp³-hybridized carbons (Fsp3) is 0.429. The Morgan fingerprint density at radius 2 is 2.30 bits per heavy atom. The maximum atomic E-state index is 10.5. The zero-order valence-electron chi connectivity index (χ0n) is 6.37. The fourth-order valence-corrected chi connectivity index (χ4v) is 0.417. The Morgan fingerprint density at radius 3 is 2.70 bits per heavy atom. The molecule has 0 aliphatic carbocycles. The molecular weight excluding hydrogens is 128 g/mol. The molecule has 0 saturated heterocycles. The third-order valence-corrected chi connectivity index (χ3v) is 0.887. The van der Waals surface area contributed by atoms with Crippen LogP contribution in [-0.2, 0) is 4.79 Å². The van der Waals surface area contributed by atoms with E-state index in [4.69, 9.17) is 0 Å². The smallest absolute Gasteiger partial charge is 0.268 e. The first-order chi connectivity index (χ1) is 4.66. The number of amides is 1. The maximum absolute atomic E-state index is 10.5. The zero-order chi connectivity index (χ0) is 7.98. The topological polar surface area (TPSA) is 32.7 Å². The van der Waals surface area contributed by atoms with Crippen LogP contribution in [0.25, 0.3) is 0 Å². The SMILES string of the molecule is C=NC(=O)/C=C/CN(C)C. The summed E-state index contributed by atoms with van der Waals surface area (Å²) in [5.41, 5.74) is 0. The minimum Gasteiger partial charge on any atom is -0.306 e. The molecule has 0 N–H and O–H groups in total. The first-order valence-electron chi connectivity index (χ1n) is 2.98. The van der Waals surface area contributed by atoms with Gasteiger partial charge >= 0.3 is 0 Å². The molecular formula is C7H12N2O. The summed E-state index contributed by atoms with van der Waals surface area (Å²) in [6.07, 6.45) is 3.16. The summed E-state index contributed by atoms with van der Waals surface area (Å²) >= 11 is 0. The van der Waals surface area contributed by atoms with E-state index in [1.165, 1.54) is 6.08 Å². The number of carbonyl (C=O) groups excluding carboxylic acids is 1. The average molecular weight is 140 g/mol. The standard InChI is InChI=1S/C7H12N2O/c1-8-7(10)5-4-6-9(2)3/h4-5H,1,6H2,2-3H3/b5-4+. The fourth-order valence-electron chi connectivity index (χ4n) is 0.417. The Labute approximate surface area is 61.1 Å². The van der Waals surface area contributed by atoms with E-state index < -0.39 is 0 Å². The van der Waals surface area contributed by atoms with Crippen molar-refractivity contribution in [3.63, 3.8) is 0 Å². The Morgan fingerprint density at radius 1 is 1.70 bits per heavy atom. The van der Waals surface area contributed by atoms with Gasteiger partial charge in [-0.3, -0.25) is 4.79 Å². The van der Waals surface area contributed by atoms with Crippen LogP contribution >= 0.6 is 0 Å². The van der Waals surface area contributed by atoms with Crippen molar-refractivity contribution in [3.8, 4) is 0 Å². The van der Waals surface area contributed by atoms with Gasteiger partial charge in [-0.2, -0.15) is 0 Å². The number of likely N-dealkylation sites (N-methyl/N-ethyl adjacent to an activating group) is 1. The summed E-state index contributed by atoms with van der Waals surface area (Å²) in [7, 11) is 3.85. The summed E-state index contributed by atoms with van der Waals surface area (Å²) in [4.78, 5) is 15.6. The molecule has 0 aromatic heterocycles. The van der Waals surface area contributed by atoms with Crippen molar-refractivity contribution in [1.82, 2.24) is 4.90 Å². The van der Waals surface area contributed by atoms with Crippen molar-refractivity contribution in [2.24, 2.45) is 4.99 Å². The Hall–Kier alpha value is -0.960. The maximum Gasteiger partial charge on any atom is 0.268 e. The van der Waals surface area contributed by atoms with Gasteiger partial charge in [-0.05, 0) is 20.8 Å². The van der Waals surface area contributed by atoms with E-state index in [2.05, 4.69) is 11.7 Å². The number of nitrogens with zero attached hydrogens (tertiary/aromatic N) is 2. The monoisotopic (exact) mass is 140 g/mol. The Bertz CT molecular complexity index is 150. The summed E-state index contributed by atoms with van der Waals surface area (Å²) in [5.74, 6) is -0.290. The number of hydrogen-bond acceptors (Lipinski definition) is 2. The van der Waals surface area contributed by atoms with Crippen molar-refractivity contribution >= 4 is 12.6 Å². The third kappa shape index (κ3) is 5.18. The molecule has 0 aliphatic heterocycles. The highest BCUT2D eigenvalue weighted by Gasteiger charge is 1.86. The van der Waals surface area contributed by atoms with E-state index >= 15 is 0 Å². The lowest BCUT2D eigenvalue weighted by Crippen LogP contribution is -2.10. The summed E-state index contributed by atoms with van der Waals surface area (Å²) in [6, 6.07) is 0. The van der Waals surface area contributed by atoms with Crippen molar-refractivity contribution in [1.29, 1.82) is 0 Å². The number of rotatable bonds is 3. The molecule has 10 heavy (non-hydrogen) atoms. The summed E-state index contributed by atoms with van der Waals surface area (Å²) in [6.45, 7) is 3.85. The predicted molar refractivity (Wildman–Crippen MR) is 42.3 cm³/mol. The highest BCUT2D eigenvalue weighted by Crippen LogP contribution is 1.79. The molecule has 0 saturated carbocycles. The van der Waals surface area contributed by atoms with Gasteiger partial charge in [0.1, 0.15) is 0 Å². The minimum absolute atomic E-state index is 0.290. The van der Waals surface area contributed by atoms with E-state index in [0.717, 1.165) is 6.54 Å². The molecule has 0 rings (SSSR count). The minimum atomic E-state index is -0.290. The molecule has 0 atom stereocenters. The lowest BCUT2D eigenvalue weighted by Gasteiger charge is -2.02. The largest absolute Gasteiger partial charge is 0.306 e. The second-order valence-corrected chi connectivity index (χ2v) is 2.16. The van der Waals surface area contributed by atoms with Gasteiger partial charge in [0.15, 0.2) is 0 Å². The van der Waals surface area contributed by atoms with Crippen LogP contribution in [0.1, 0.15) is 0 Å². The van der Waals surface area contributed by atoms with Gasteiger partial charge in [-0.1, -0.05) is 6.08 Å². The highest BCUT2D eigenvalue weighted by atomic mass is 16.1. The van der Waals surface area contributed by atoms with E-state index in [0.29, 0.717) is 0 Å². The van der Waals surface area contributed by atoms with Crippen LogP contribution in [-0.4, -0.2) is 38.2 Å². The molecule has 0 fully saturated rings. The number of carbonyl (C=O) groups is 1. The molecule has 1 amide bonds. The van der Waals surface area contributed by atoms with Gasteiger partial charge in [-0.15, -0.1) is 0 Å². The van der Waals surface area contributed by atoms with Crippen LogP contribution in [0.5, 0.6) is 0 Å². The van der Waals surface area contributed by atoms with Gasteiger partial charge in [0.25, 0.3) is 5.91 Å². The van der Waals surface area contributed by atoms with E-state index in [1.54, 1.807) is 6.08 Å². The molecule has 3 nitrogen and oxygen atoms in total. The molecule has 0 spiro atoms. The number of hydrogen-bond donors (Lipinski definition) is 0. The van der Waals surface area contributed by atoms with Crippen LogP contribution in [0, 0.1) is 0 Å². The van der Waals surface area contributed by atoms with Crippen LogP contribution in [0.15, 0.2) is 17.1 Å². The van der Waals surface area contributed by atoms with Gasteiger partial charge in [0.05, 0.1) is 0 Å². The molecule has 0 aromatic carbocycles. The second kappa shape index (κ2) is 4.88. The molecule has 0 aliphatic rings.